The van der Waals surface area contributed by atoms with Gasteiger partial charge in [0.1, 0.15) is 0 Å². The third kappa shape index (κ3) is 2.79. The molecule has 1 atom stereocenters. The van der Waals surface area contributed by atoms with Crippen LogP contribution in [0.2, 0.25) is 0 Å². The first-order valence-corrected chi connectivity index (χ1v) is 6.90. The zero-order valence-corrected chi connectivity index (χ0v) is 12.7. The number of primary amides is 1. The van der Waals surface area contributed by atoms with Gasteiger partial charge in [-0.05, 0) is 31.5 Å². The molecule has 1 fully saturated rings. The maximum atomic E-state index is 12.7. The van der Waals surface area contributed by atoms with Crippen LogP contribution < -0.4 is 16.4 Å². The Labute approximate surface area is 124 Å². The van der Waals surface area contributed by atoms with Crippen LogP contribution in [0.3, 0.4) is 0 Å². The Morgan fingerprint density at radius 3 is 2.52 bits per heavy atom. The van der Waals surface area contributed by atoms with Gasteiger partial charge in [0.25, 0.3) is 5.91 Å². The van der Waals surface area contributed by atoms with Gasteiger partial charge in [-0.1, -0.05) is 0 Å². The number of carbonyl (C=O) groups is 2. The van der Waals surface area contributed by atoms with E-state index in [2.05, 4.69) is 0 Å². The third-order valence-corrected chi connectivity index (χ3v) is 4.09. The molecule has 4 N–H and O–H groups in total. The smallest absolute Gasteiger partial charge is 0.256 e. The average molecular weight is 290 g/mol. The Morgan fingerprint density at radius 1 is 1.33 bits per heavy atom. The van der Waals surface area contributed by atoms with Crippen LogP contribution in [0.5, 0.6) is 0 Å². The van der Waals surface area contributed by atoms with E-state index in [4.69, 9.17) is 11.5 Å². The fourth-order valence-electron chi connectivity index (χ4n) is 2.62. The zero-order valence-electron chi connectivity index (χ0n) is 12.7. The molecule has 21 heavy (non-hydrogen) atoms. The third-order valence-electron chi connectivity index (χ3n) is 4.09. The van der Waals surface area contributed by atoms with Crippen molar-refractivity contribution in [3.05, 3.63) is 23.8 Å². The molecule has 2 rings (SSSR count). The molecule has 0 radical (unpaired) electrons. The SMILES string of the molecule is CN(C)c1ccc(N)cc1C(=O)N1CCC(C)(C(N)=O)C1. The van der Waals surface area contributed by atoms with E-state index < -0.39 is 5.41 Å². The van der Waals surface area contributed by atoms with Crippen LogP contribution in [0.25, 0.3) is 0 Å². The number of amides is 2. The van der Waals surface area contributed by atoms with Crippen molar-refractivity contribution in [2.45, 2.75) is 13.3 Å². The normalized spacial score (nSPS) is 21.4. The van der Waals surface area contributed by atoms with Crippen molar-refractivity contribution < 1.29 is 9.59 Å². The monoisotopic (exact) mass is 290 g/mol. The van der Waals surface area contributed by atoms with Crippen LogP contribution in [-0.4, -0.2) is 43.9 Å². The van der Waals surface area contributed by atoms with E-state index in [1.165, 1.54) is 0 Å². The highest BCUT2D eigenvalue weighted by Gasteiger charge is 2.41. The van der Waals surface area contributed by atoms with Crippen molar-refractivity contribution in [2.75, 3.05) is 37.8 Å². The number of nitrogens with two attached hydrogens (primary N) is 2. The van der Waals surface area contributed by atoms with Gasteiger partial charge in [0, 0.05) is 38.6 Å². The number of hydrogen-bond donors (Lipinski definition) is 2. The lowest BCUT2D eigenvalue weighted by Gasteiger charge is -2.24. The van der Waals surface area contributed by atoms with Gasteiger partial charge in [0.05, 0.1) is 11.0 Å². The summed E-state index contributed by atoms with van der Waals surface area (Å²) in [5, 5.41) is 0. The molecular weight excluding hydrogens is 268 g/mol. The molecule has 2 amide bonds. The fraction of sp³-hybridized carbons (Fsp3) is 0.467. The predicted octanol–water partition coefficient (Wildman–Crippen LogP) is 0.672. The van der Waals surface area contributed by atoms with Crippen molar-refractivity contribution in [3.8, 4) is 0 Å². The first-order valence-electron chi connectivity index (χ1n) is 6.90. The molecule has 1 aliphatic heterocycles. The largest absolute Gasteiger partial charge is 0.399 e. The molecule has 0 aromatic heterocycles. The molecule has 0 aliphatic carbocycles. The van der Waals surface area contributed by atoms with Gasteiger partial charge in [0.15, 0.2) is 0 Å². The summed E-state index contributed by atoms with van der Waals surface area (Å²) in [5.74, 6) is -0.478. The van der Waals surface area contributed by atoms with Crippen LogP contribution in [0.4, 0.5) is 11.4 Å². The maximum absolute atomic E-state index is 12.7. The Kier molecular flexibility index (Phi) is 3.80. The second-order valence-corrected chi connectivity index (χ2v) is 6.07. The van der Waals surface area contributed by atoms with E-state index in [1.807, 2.05) is 25.1 Å². The molecule has 1 aromatic rings. The van der Waals surface area contributed by atoms with Gasteiger partial charge < -0.3 is 21.3 Å². The number of anilines is 2. The Morgan fingerprint density at radius 2 is 2.00 bits per heavy atom. The number of nitrogens with zero attached hydrogens (tertiary/aromatic N) is 2. The molecule has 1 aromatic carbocycles. The first-order chi connectivity index (χ1) is 9.74. The average Bonchev–Trinajstić information content (AvgIpc) is 2.81. The standard InChI is InChI=1S/C15H22N4O2/c1-15(14(17)21)6-7-19(9-15)13(20)11-8-10(16)4-5-12(11)18(2)3/h4-5,8H,6-7,9,16H2,1-3H3,(H2,17,21). The van der Waals surface area contributed by atoms with E-state index >= 15 is 0 Å². The summed E-state index contributed by atoms with van der Waals surface area (Å²) in [4.78, 5) is 27.8. The van der Waals surface area contributed by atoms with Crippen molar-refractivity contribution >= 4 is 23.2 Å². The Bertz CT molecular complexity index is 585. The van der Waals surface area contributed by atoms with Crippen LogP contribution in [0.1, 0.15) is 23.7 Å². The van der Waals surface area contributed by atoms with Gasteiger partial charge in [0.2, 0.25) is 5.91 Å². The Hall–Kier alpha value is -2.24. The molecule has 1 heterocycles. The quantitative estimate of drug-likeness (QED) is 0.800. The summed E-state index contributed by atoms with van der Waals surface area (Å²) < 4.78 is 0. The van der Waals surface area contributed by atoms with Crippen LogP contribution >= 0.6 is 0 Å². The number of rotatable bonds is 3. The van der Waals surface area contributed by atoms with E-state index in [0.29, 0.717) is 30.8 Å². The molecule has 0 spiro atoms. The van der Waals surface area contributed by atoms with E-state index in [0.717, 1.165) is 5.69 Å². The molecule has 6 heteroatoms. The van der Waals surface area contributed by atoms with Gasteiger partial charge in [-0.15, -0.1) is 0 Å². The molecule has 114 valence electrons. The van der Waals surface area contributed by atoms with Crippen molar-refractivity contribution in [1.29, 1.82) is 0 Å². The summed E-state index contributed by atoms with van der Waals surface area (Å²) in [6, 6.07) is 5.27. The van der Waals surface area contributed by atoms with Gasteiger partial charge in [-0.25, -0.2) is 0 Å². The van der Waals surface area contributed by atoms with Gasteiger partial charge >= 0.3 is 0 Å². The zero-order chi connectivity index (χ0) is 15.8. The van der Waals surface area contributed by atoms with Crippen LogP contribution in [0, 0.1) is 5.41 Å². The van der Waals surface area contributed by atoms with Crippen molar-refractivity contribution in [3.63, 3.8) is 0 Å². The highest BCUT2D eigenvalue weighted by atomic mass is 16.2. The molecule has 1 aliphatic rings. The van der Waals surface area contributed by atoms with Gasteiger partial charge in [-0.2, -0.15) is 0 Å². The number of likely N-dealkylation sites (tertiary alicyclic amines) is 1. The number of benzene rings is 1. The molecule has 0 saturated carbocycles. The second-order valence-electron chi connectivity index (χ2n) is 6.07. The minimum absolute atomic E-state index is 0.115. The summed E-state index contributed by atoms with van der Waals surface area (Å²) in [7, 11) is 3.75. The number of carbonyl (C=O) groups excluding carboxylic acids is 2. The van der Waals surface area contributed by atoms with Crippen molar-refractivity contribution in [1.82, 2.24) is 4.90 Å². The number of hydrogen-bond acceptors (Lipinski definition) is 4. The van der Waals surface area contributed by atoms with E-state index in [1.54, 1.807) is 24.0 Å². The topological polar surface area (TPSA) is 92.7 Å². The Balaban J connectivity index is 2.30. The van der Waals surface area contributed by atoms with Crippen molar-refractivity contribution in [2.24, 2.45) is 11.1 Å². The van der Waals surface area contributed by atoms with Gasteiger partial charge in [-0.3, -0.25) is 9.59 Å². The fourth-order valence-corrected chi connectivity index (χ4v) is 2.62. The molecule has 1 saturated heterocycles. The van der Waals surface area contributed by atoms with E-state index in [-0.39, 0.29) is 11.8 Å². The van der Waals surface area contributed by atoms with Crippen LogP contribution in [-0.2, 0) is 4.79 Å². The minimum Gasteiger partial charge on any atom is -0.399 e. The minimum atomic E-state index is -0.645. The summed E-state index contributed by atoms with van der Waals surface area (Å²) in [5.41, 5.74) is 12.5. The van der Waals surface area contributed by atoms with E-state index in [9.17, 15) is 9.59 Å². The highest BCUT2D eigenvalue weighted by Crippen LogP contribution is 2.32. The number of nitrogen functional groups attached to an aromatic ring is 1. The summed E-state index contributed by atoms with van der Waals surface area (Å²) >= 11 is 0. The lowest BCUT2D eigenvalue weighted by atomic mass is 9.89. The maximum Gasteiger partial charge on any atom is 0.256 e. The lowest BCUT2D eigenvalue weighted by molar-refractivity contribution is -0.126. The lowest BCUT2D eigenvalue weighted by Crippen LogP contribution is -2.39. The molecular formula is C15H22N4O2. The first kappa shape index (κ1) is 15.2. The molecule has 6 nitrogen and oxygen atoms in total. The predicted molar refractivity (Wildman–Crippen MR) is 83.0 cm³/mol. The molecule has 0 bridgehead atoms. The second kappa shape index (κ2) is 5.27. The molecule has 1 unspecified atom stereocenters. The highest BCUT2D eigenvalue weighted by molar-refractivity contribution is 6.01. The summed E-state index contributed by atoms with van der Waals surface area (Å²) in [6.07, 6.45) is 0.591. The summed E-state index contributed by atoms with van der Waals surface area (Å²) in [6.45, 7) is 2.68. The van der Waals surface area contributed by atoms with Crippen LogP contribution in [0.15, 0.2) is 18.2 Å².